The summed E-state index contributed by atoms with van der Waals surface area (Å²) in [6.45, 7) is 5.33. The number of aryl methyl sites for hydroxylation is 2. The molecule has 1 aliphatic heterocycles. The van der Waals surface area contributed by atoms with Crippen LogP contribution in [0.1, 0.15) is 27.6 Å². The number of fused-ring (bicyclic) bond motifs is 1. The van der Waals surface area contributed by atoms with Gasteiger partial charge in [0.2, 0.25) is 0 Å². The predicted molar refractivity (Wildman–Crippen MR) is 88.7 cm³/mol. The molecule has 2 aromatic carbocycles. The van der Waals surface area contributed by atoms with Gasteiger partial charge in [-0.3, -0.25) is 0 Å². The maximum Gasteiger partial charge on any atom is 0.162 e. The highest BCUT2D eigenvalue weighted by Crippen LogP contribution is 2.42. The van der Waals surface area contributed by atoms with Crippen LogP contribution >= 0.6 is 27.5 Å². The number of alkyl halides is 1. The molecule has 0 spiro atoms. The summed E-state index contributed by atoms with van der Waals surface area (Å²) < 4.78 is 12.2. The topological polar surface area (TPSA) is 18.5 Å². The molecule has 1 unspecified atom stereocenters. The average molecular weight is 368 g/mol. The normalized spacial score (nSPS) is 14.9. The number of halogens is 2. The summed E-state index contributed by atoms with van der Waals surface area (Å²) in [7, 11) is 0. The zero-order valence-corrected chi connectivity index (χ0v) is 14.3. The van der Waals surface area contributed by atoms with Gasteiger partial charge in [0.25, 0.3) is 0 Å². The molecular weight excluding hydrogens is 352 g/mol. The number of benzene rings is 2. The first-order valence-electron chi connectivity index (χ1n) is 6.86. The smallest absolute Gasteiger partial charge is 0.162 e. The molecule has 2 aromatic rings. The van der Waals surface area contributed by atoms with Gasteiger partial charge in [-0.1, -0.05) is 39.7 Å². The van der Waals surface area contributed by atoms with E-state index in [0.717, 1.165) is 27.1 Å². The minimum atomic E-state index is -0.226. The van der Waals surface area contributed by atoms with Crippen molar-refractivity contribution in [1.29, 1.82) is 0 Å². The maximum atomic E-state index is 6.71. The second-order valence-corrected chi connectivity index (χ2v) is 6.53. The van der Waals surface area contributed by atoms with E-state index in [-0.39, 0.29) is 5.38 Å². The van der Waals surface area contributed by atoms with Gasteiger partial charge >= 0.3 is 0 Å². The van der Waals surface area contributed by atoms with Crippen LogP contribution < -0.4 is 9.47 Å². The Balaban J connectivity index is 2.03. The van der Waals surface area contributed by atoms with Crippen LogP contribution in [-0.4, -0.2) is 13.2 Å². The molecule has 0 N–H and O–H groups in total. The lowest BCUT2D eigenvalue weighted by atomic mass is 9.98. The van der Waals surface area contributed by atoms with Gasteiger partial charge in [0.15, 0.2) is 11.5 Å². The Hall–Kier alpha value is -1.19. The van der Waals surface area contributed by atoms with Gasteiger partial charge in [-0.15, -0.1) is 11.6 Å². The minimum Gasteiger partial charge on any atom is -0.486 e. The van der Waals surface area contributed by atoms with Gasteiger partial charge in [-0.2, -0.15) is 0 Å². The second-order valence-electron chi connectivity index (χ2n) is 5.24. The highest BCUT2D eigenvalue weighted by Gasteiger charge is 2.21. The molecule has 1 atom stereocenters. The molecule has 0 saturated carbocycles. The molecule has 0 aliphatic carbocycles. The third kappa shape index (κ3) is 2.90. The van der Waals surface area contributed by atoms with Crippen molar-refractivity contribution in [2.45, 2.75) is 19.2 Å². The van der Waals surface area contributed by atoms with Crippen LogP contribution in [-0.2, 0) is 0 Å². The molecule has 4 heteroatoms. The van der Waals surface area contributed by atoms with Crippen molar-refractivity contribution in [3.8, 4) is 11.5 Å². The van der Waals surface area contributed by atoms with Crippen LogP contribution in [0, 0.1) is 13.8 Å². The first-order chi connectivity index (χ1) is 10.1. The summed E-state index contributed by atoms with van der Waals surface area (Å²) >= 11 is 10.3. The number of ether oxygens (including phenoxy) is 2. The summed E-state index contributed by atoms with van der Waals surface area (Å²) in [6, 6.07) is 10.2. The molecule has 2 nitrogen and oxygen atoms in total. The van der Waals surface area contributed by atoms with Crippen LogP contribution in [0.5, 0.6) is 11.5 Å². The summed E-state index contributed by atoms with van der Waals surface area (Å²) in [5.41, 5.74) is 4.53. The van der Waals surface area contributed by atoms with Crippen molar-refractivity contribution in [2.75, 3.05) is 13.2 Å². The Morgan fingerprint density at radius 3 is 2.33 bits per heavy atom. The van der Waals surface area contributed by atoms with E-state index < -0.39 is 0 Å². The van der Waals surface area contributed by atoms with Crippen molar-refractivity contribution < 1.29 is 9.47 Å². The van der Waals surface area contributed by atoms with Gasteiger partial charge < -0.3 is 9.47 Å². The van der Waals surface area contributed by atoms with E-state index >= 15 is 0 Å². The van der Waals surface area contributed by atoms with Crippen molar-refractivity contribution in [2.24, 2.45) is 0 Å². The molecule has 0 amide bonds. The fourth-order valence-corrected chi connectivity index (χ4v) is 3.66. The fourth-order valence-electron chi connectivity index (χ4n) is 2.55. The summed E-state index contributed by atoms with van der Waals surface area (Å²) in [4.78, 5) is 0. The highest BCUT2D eigenvalue weighted by atomic mass is 79.9. The van der Waals surface area contributed by atoms with Crippen molar-refractivity contribution in [3.05, 3.63) is 57.1 Å². The SMILES string of the molecule is Cc1ccc(C(Cl)c2cc3c(cc2Br)OCCO3)c(C)c1. The molecule has 21 heavy (non-hydrogen) atoms. The Morgan fingerprint density at radius 1 is 1.00 bits per heavy atom. The molecule has 1 aliphatic rings. The lowest BCUT2D eigenvalue weighted by Crippen LogP contribution is -2.15. The van der Waals surface area contributed by atoms with E-state index in [1.807, 2.05) is 12.1 Å². The van der Waals surface area contributed by atoms with Gasteiger partial charge in [0, 0.05) is 4.47 Å². The summed E-state index contributed by atoms with van der Waals surface area (Å²) in [5, 5.41) is -0.226. The van der Waals surface area contributed by atoms with Crippen molar-refractivity contribution >= 4 is 27.5 Å². The molecule has 110 valence electrons. The summed E-state index contributed by atoms with van der Waals surface area (Å²) in [5.74, 6) is 1.52. The Bertz CT molecular complexity index is 685. The first kappa shape index (κ1) is 14.7. The lowest BCUT2D eigenvalue weighted by Gasteiger charge is -2.22. The second kappa shape index (κ2) is 5.90. The van der Waals surface area contributed by atoms with Gasteiger partial charge in [-0.05, 0) is 42.7 Å². The average Bonchev–Trinajstić information content (AvgIpc) is 2.46. The fraction of sp³-hybridized carbons (Fsp3) is 0.294. The predicted octanol–water partition coefficient (Wildman–Crippen LogP) is 5.17. The van der Waals surface area contributed by atoms with E-state index in [1.54, 1.807) is 0 Å². The first-order valence-corrected chi connectivity index (χ1v) is 8.09. The molecule has 0 saturated heterocycles. The molecule has 0 bridgehead atoms. The highest BCUT2D eigenvalue weighted by molar-refractivity contribution is 9.10. The molecular formula is C17H16BrClO2. The molecule has 0 radical (unpaired) electrons. The van der Waals surface area contributed by atoms with E-state index in [9.17, 15) is 0 Å². The number of rotatable bonds is 2. The van der Waals surface area contributed by atoms with Crippen molar-refractivity contribution in [3.63, 3.8) is 0 Å². The monoisotopic (exact) mass is 366 g/mol. The van der Waals surface area contributed by atoms with E-state index in [4.69, 9.17) is 21.1 Å². The van der Waals surface area contributed by atoms with E-state index in [1.165, 1.54) is 11.1 Å². The van der Waals surface area contributed by atoms with Gasteiger partial charge in [0.05, 0.1) is 5.38 Å². The molecule has 0 fully saturated rings. The van der Waals surface area contributed by atoms with Crippen molar-refractivity contribution in [1.82, 2.24) is 0 Å². The zero-order valence-electron chi connectivity index (χ0n) is 12.0. The number of hydrogen-bond acceptors (Lipinski definition) is 2. The van der Waals surface area contributed by atoms with Crippen LogP contribution in [0.25, 0.3) is 0 Å². The van der Waals surface area contributed by atoms with Crippen LogP contribution in [0.15, 0.2) is 34.8 Å². The quantitative estimate of drug-likeness (QED) is 0.682. The molecule has 3 rings (SSSR count). The van der Waals surface area contributed by atoms with E-state index in [2.05, 4.69) is 48.0 Å². The Kier molecular flexibility index (Phi) is 4.14. The van der Waals surface area contributed by atoms with Crippen LogP contribution in [0.3, 0.4) is 0 Å². The summed E-state index contributed by atoms with van der Waals surface area (Å²) in [6.07, 6.45) is 0. The Labute approximate surface area is 138 Å². The lowest BCUT2D eigenvalue weighted by molar-refractivity contribution is 0.171. The largest absolute Gasteiger partial charge is 0.486 e. The standard InChI is InChI=1S/C17H16BrClO2/c1-10-3-4-12(11(2)7-10)17(19)13-8-15-16(9-14(13)18)21-6-5-20-15/h3-4,7-9,17H,5-6H2,1-2H3. The minimum absolute atomic E-state index is 0.226. The molecule has 1 heterocycles. The zero-order chi connectivity index (χ0) is 15.0. The van der Waals surface area contributed by atoms with E-state index in [0.29, 0.717) is 13.2 Å². The third-order valence-corrected chi connectivity index (χ3v) is 4.79. The van der Waals surface area contributed by atoms with Gasteiger partial charge in [0.1, 0.15) is 13.2 Å². The van der Waals surface area contributed by atoms with Crippen LogP contribution in [0.4, 0.5) is 0 Å². The molecule has 0 aromatic heterocycles. The number of hydrogen-bond donors (Lipinski definition) is 0. The third-order valence-electron chi connectivity index (χ3n) is 3.63. The van der Waals surface area contributed by atoms with Gasteiger partial charge in [-0.25, -0.2) is 0 Å². The van der Waals surface area contributed by atoms with Crippen LogP contribution in [0.2, 0.25) is 0 Å². The maximum absolute atomic E-state index is 6.71. The Morgan fingerprint density at radius 2 is 1.67 bits per heavy atom.